The summed E-state index contributed by atoms with van der Waals surface area (Å²) in [5, 5.41) is 12.9. The van der Waals surface area contributed by atoms with Gasteiger partial charge in [0.15, 0.2) is 11.5 Å². The Balaban J connectivity index is 1.80. The predicted molar refractivity (Wildman–Crippen MR) is 140 cm³/mol. The lowest BCUT2D eigenvalue weighted by atomic mass is 10.1. The van der Waals surface area contributed by atoms with Crippen LogP contribution in [0.3, 0.4) is 0 Å². The van der Waals surface area contributed by atoms with E-state index < -0.39 is 5.91 Å². The first-order chi connectivity index (χ1) is 15.9. The van der Waals surface area contributed by atoms with Gasteiger partial charge in [0.2, 0.25) is 0 Å². The van der Waals surface area contributed by atoms with Crippen LogP contribution in [-0.2, 0) is 17.8 Å². The fourth-order valence-electron chi connectivity index (χ4n) is 3.07. The largest absolute Gasteiger partial charge is 0.493 e. The predicted octanol–water partition coefficient (Wildman–Crippen LogP) is 6.64. The number of nitrogens with zero attached hydrogens (tertiary/aromatic N) is 1. The van der Waals surface area contributed by atoms with E-state index in [0.29, 0.717) is 27.8 Å². The second kappa shape index (κ2) is 11.7. The standard InChI is InChI=1S/C26H22ClIN2O3/c1-3-17-8-10-21(11-9-17)30-26(31)20(15-29)12-18-13-23(28)25(24(14-18)32-2)33-16-19-6-4-5-7-22(19)27/h4-14H,3,16H2,1-2H3,(H,30,31)/b20-12-. The number of halogens is 2. The molecule has 1 amide bonds. The summed E-state index contributed by atoms with van der Waals surface area (Å²) in [6.45, 7) is 2.34. The zero-order chi connectivity index (χ0) is 23.8. The first-order valence-electron chi connectivity index (χ1n) is 10.2. The van der Waals surface area contributed by atoms with Crippen LogP contribution in [0.25, 0.3) is 6.08 Å². The second-order valence-corrected chi connectivity index (χ2v) is 8.66. The summed E-state index contributed by atoms with van der Waals surface area (Å²) in [4.78, 5) is 12.6. The van der Waals surface area contributed by atoms with Crippen LogP contribution >= 0.6 is 34.2 Å². The van der Waals surface area contributed by atoms with E-state index in [1.807, 2.05) is 60.7 Å². The van der Waals surface area contributed by atoms with Gasteiger partial charge in [0.1, 0.15) is 18.2 Å². The molecule has 0 aromatic heterocycles. The second-order valence-electron chi connectivity index (χ2n) is 7.09. The van der Waals surface area contributed by atoms with Gasteiger partial charge in [-0.2, -0.15) is 5.26 Å². The van der Waals surface area contributed by atoms with Crippen LogP contribution in [0.4, 0.5) is 5.69 Å². The quantitative estimate of drug-likeness (QED) is 0.187. The van der Waals surface area contributed by atoms with Crippen molar-refractivity contribution in [3.8, 4) is 17.6 Å². The van der Waals surface area contributed by atoms with Crippen molar-refractivity contribution >= 4 is 51.9 Å². The molecule has 3 rings (SSSR count). The molecule has 0 aliphatic carbocycles. The van der Waals surface area contributed by atoms with Gasteiger partial charge in [-0.1, -0.05) is 48.9 Å². The maximum atomic E-state index is 12.6. The Hall–Kier alpha value is -3.02. The molecule has 33 heavy (non-hydrogen) atoms. The SMILES string of the molecule is CCc1ccc(NC(=O)/C(C#N)=C\c2cc(I)c(OCc3ccccc3Cl)c(OC)c2)cc1. The molecule has 0 spiro atoms. The summed E-state index contributed by atoms with van der Waals surface area (Å²) < 4.78 is 12.3. The number of hydrogen-bond donors (Lipinski definition) is 1. The van der Waals surface area contributed by atoms with E-state index in [-0.39, 0.29) is 12.2 Å². The third-order valence-corrected chi connectivity index (χ3v) is 6.05. The van der Waals surface area contributed by atoms with Crippen molar-refractivity contribution in [3.63, 3.8) is 0 Å². The number of benzene rings is 3. The zero-order valence-electron chi connectivity index (χ0n) is 18.2. The normalized spacial score (nSPS) is 10.9. The minimum absolute atomic E-state index is 0.0165. The van der Waals surface area contributed by atoms with Crippen LogP contribution in [0.15, 0.2) is 66.2 Å². The number of aryl methyl sites for hydroxylation is 1. The maximum Gasteiger partial charge on any atom is 0.266 e. The van der Waals surface area contributed by atoms with Gasteiger partial charge in [0, 0.05) is 16.3 Å². The molecular weight excluding hydrogens is 551 g/mol. The van der Waals surface area contributed by atoms with Crippen LogP contribution in [-0.4, -0.2) is 13.0 Å². The van der Waals surface area contributed by atoms with Gasteiger partial charge in [-0.15, -0.1) is 0 Å². The first-order valence-corrected chi connectivity index (χ1v) is 11.7. The highest BCUT2D eigenvalue weighted by molar-refractivity contribution is 14.1. The third kappa shape index (κ3) is 6.50. The van der Waals surface area contributed by atoms with E-state index in [0.717, 1.165) is 15.6 Å². The van der Waals surface area contributed by atoms with Gasteiger partial charge >= 0.3 is 0 Å². The Labute approximate surface area is 212 Å². The number of nitriles is 1. The van der Waals surface area contributed by atoms with Crippen molar-refractivity contribution in [3.05, 3.63) is 91.5 Å². The monoisotopic (exact) mass is 572 g/mol. The molecule has 0 fully saturated rings. The molecule has 0 bridgehead atoms. The molecule has 3 aromatic carbocycles. The van der Waals surface area contributed by atoms with Crippen molar-refractivity contribution in [2.45, 2.75) is 20.0 Å². The molecule has 168 valence electrons. The fraction of sp³-hybridized carbons (Fsp3) is 0.154. The topological polar surface area (TPSA) is 71.4 Å². The third-order valence-electron chi connectivity index (χ3n) is 4.88. The van der Waals surface area contributed by atoms with Crippen LogP contribution in [0.2, 0.25) is 5.02 Å². The zero-order valence-corrected chi connectivity index (χ0v) is 21.1. The lowest BCUT2D eigenvalue weighted by molar-refractivity contribution is -0.112. The number of hydrogen-bond acceptors (Lipinski definition) is 4. The van der Waals surface area contributed by atoms with Crippen LogP contribution < -0.4 is 14.8 Å². The number of nitrogens with one attached hydrogen (secondary N) is 1. The van der Waals surface area contributed by atoms with E-state index in [1.165, 1.54) is 11.6 Å². The van der Waals surface area contributed by atoms with Crippen molar-refractivity contribution in [2.75, 3.05) is 12.4 Å². The minimum Gasteiger partial charge on any atom is -0.493 e. The Morgan fingerprint density at radius 2 is 1.91 bits per heavy atom. The number of amides is 1. The van der Waals surface area contributed by atoms with Gasteiger partial charge in [-0.3, -0.25) is 4.79 Å². The van der Waals surface area contributed by atoms with Crippen molar-refractivity contribution in [1.29, 1.82) is 5.26 Å². The lowest BCUT2D eigenvalue weighted by Gasteiger charge is -2.14. The Bertz CT molecular complexity index is 1220. The van der Waals surface area contributed by atoms with E-state index in [4.69, 9.17) is 21.1 Å². The van der Waals surface area contributed by atoms with E-state index in [1.54, 1.807) is 13.2 Å². The molecule has 0 unspecified atom stereocenters. The number of anilines is 1. The number of rotatable bonds is 8. The molecule has 0 heterocycles. The van der Waals surface area contributed by atoms with Gasteiger partial charge in [0.25, 0.3) is 5.91 Å². The van der Waals surface area contributed by atoms with Crippen LogP contribution in [0.5, 0.6) is 11.5 Å². The van der Waals surface area contributed by atoms with E-state index >= 15 is 0 Å². The maximum absolute atomic E-state index is 12.6. The van der Waals surface area contributed by atoms with Gasteiger partial charge in [-0.25, -0.2) is 0 Å². The summed E-state index contributed by atoms with van der Waals surface area (Å²) in [6, 6.07) is 20.5. The van der Waals surface area contributed by atoms with Crippen molar-refractivity contribution in [2.24, 2.45) is 0 Å². The summed E-state index contributed by atoms with van der Waals surface area (Å²) in [5.41, 5.74) is 3.29. The number of carbonyl (C=O) groups excluding carboxylic acids is 1. The molecule has 0 aliphatic rings. The number of methoxy groups -OCH3 is 1. The molecule has 5 nitrogen and oxygen atoms in total. The van der Waals surface area contributed by atoms with Crippen LogP contribution in [0.1, 0.15) is 23.6 Å². The lowest BCUT2D eigenvalue weighted by Crippen LogP contribution is -2.13. The summed E-state index contributed by atoms with van der Waals surface area (Å²) >= 11 is 8.35. The number of carbonyl (C=O) groups is 1. The molecule has 0 saturated heterocycles. The highest BCUT2D eigenvalue weighted by Crippen LogP contribution is 2.35. The summed E-state index contributed by atoms with van der Waals surface area (Å²) in [6.07, 6.45) is 2.44. The average Bonchev–Trinajstić information content (AvgIpc) is 2.82. The minimum atomic E-state index is -0.477. The molecule has 1 N–H and O–H groups in total. The summed E-state index contributed by atoms with van der Waals surface area (Å²) in [7, 11) is 1.54. The summed E-state index contributed by atoms with van der Waals surface area (Å²) in [5.74, 6) is 0.581. The van der Waals surface area contributed by atoms with Gasteiger partial charge < -0.3 is 14.8 Å². The highest BCUT2D eigenvalue weighted by atomic mass is 127. The fourth-order valence-corrected chi connectivity index (χ4v) is 4.04. The smallest absolute Gasteiger partial charge is 0.266 e. The van der Waals surface area contributed by atoms with E-state index in [2.05, 4.69) is 34.8 Å². The van der Waals surface area contributed by atoms with Crippen molar-refractivity contribution < 1.29 is 14.3 Å². The Morgan fingerprint density at radius 3 is 2.55 bits per heavy atom. The highest BCUT2D eigenvalue weighted by Gasteiger charge is 2.15. The van der Waals surface area contributed by atoms with Gasteiger partial charge in [0.05, 0.1) is 10.7 Å². The molecule has 0 saturated carbocycles. The van der Waals surface area contributed by atoms with Crippen LogP contribution in [0, 0.1) is 14.9 Å². The molecule has 3 aromatic rings. The molecule has 0 aliphatic heterocycles. The van der Waals surface area contributed by atoms with E-state index in [9.17, 15) is 10.1 Å². The Morgan fingerprint density at radius 1 is 1.18 bits per heavy atom. The average molecular weight is 573 g/mol. The molecule has 7 heteroatoms. The molecule has 0 atom stereocenters. The van der Waals surface area contributed by atoms with Gasteiger partial charge in [-0.05, 0) is 76.5 Å². The molecule has 0 radical (unpaired) electrons. The molecular formula is C26H22ClIN2O3. The Kier molecular flexibility index (Phi) is 8.75. The van der Waals surface area contributed by atoms with Crippen molar-refractivity contribution in [1.82, 2.24) is 0 Å². The first kappa shape index (κ1) is 24.6. The number of ether oxygens (including phenoxy) is 2.